The van der Waals surface area contributed by atoms with Gasteiger partial charge in [-0.2, -0.15) is 0 Å². The van der Waals surface area contributed by atoms with Crippen molar-refractivity contribution in [3.8, 4) is 5.75 Å². The van der Waals surface area contributed by atoms with E-state index in [-0.39, 0.29) is 6.29 Å². The van der Waals surface area contributed by atoms with Gasteiger partial charge in [0.1, 0.15) is 12.4 Å². The molecule has 0 aromatic heterocycles. The molecular formula is C18H19NO3. The Labute approximate surface area is 130 Å². The summed E-state index contributed by atoms with van der Waals surface area (Å²) in [6, 6.07) is 11.6. The van der Waals surface area contributed by atoms with Gasteiger partial charge in [0, 0.05) is 5.56 Å². The van der Waals surface area contributed by atoms with Crippen LogP contribution in [0.1, 0.15) is 22.3 Å². The van der Waals surface area contributed by atoms with Gasteiger partial charge >= 0.3 is 0 Å². The Morgan fingerprint density at radius 2 is 1.73 bits per heavy atom. The van der Waals surface area contributed by atoms with Crippen LogP contribution in [0.5, 0.6) is 5.75 Å². The number of anilines is 1. The fourth-order valence-corrected chi connectivity index (χ4v) is 2.25. The highest BCUT2D eigenvalue weighted by Crippen LogP contribution is 2.26. The number of benzene rings is 2. The molecule has 0 aliphatic carbocycles. The van der Waals surface area contributed by atoms with Crippen molar-refractivity contribution in [2.24, 2.45) is 0 Å². The number of carbonyl (C=O) groups excluding carboxylic acids is 2. The van der Waals surface area contributed by atoms with Crippen LogP contribution in [0.3, 0.4) is 0 Å². The Hall–Kier alpha value is -2.62. The summed E-state index contributed by atoms with van der Waals surface area (Å²) in [7, 11) is 0. The molecule has 0 bridgehead atoms. The molecule has 0 spiro atoms. The minimum atomic E-state index is -0.661. The van der Waals surface area contributed by atoms with E-state index in [4.69, 9.17) is 4.74 Å². The maximum atomic E-state index is 11.4. The molecule has 114 valence electrons. The number of aldehydes is 1. The van der Waals surface area contributed by atoms with E-state index >= 15 is 0 Å². The zero-order valence-electron chi connectivity index (χ0n) is 13.0. The second-order valence-electron chi connectivity index (χ2n) is 5.21. The SMILES string of the molecule is Cc1ccccc1OCc1c(C)ccc(C)c1NC(=O)C=O. The first-order chi connectivity index (χ1) is 10.5. The molecular weight excluding hydrogens is 278 g/mol. The van der Waals surface area contributed by atoms with Crippen LogP contribution in [0, 0.1) is 20.8 Å². The average Bonchev–Trinajstić information content (AvgIpc) is 2.51. The zero-order valence-corrected chi connectivity index (χ0v) is 13.0. The molecule has 0 radical (unpaired) electrons. The van der Waals surface area contributed by atoms with Gasteiger partial charge in [-0.25, -0.2) is 0 Å². The number of ether oxygens (including phenoxy) is 1. The van der Waals surface area contributed by atoms with Crippen molar-refractivity contribution in [1.29, 1.82) is 0 Å². The molecule has 0 saturated heterocycles. The van der Waals surface area contributed by atoms with Crippen LogP contribution in [0.15, 0.2) is 36.4 Å². The number of hydrogen-bond donors (Lipinski definition) is 1. The molecule has 0 heterocycles. The Bertz CT molecular complexity index is 707. The lowest BCUT2D eigenvalue weighted by molar-refractivity contribution is -0.127. The molecule has 2 aromatic carbocycles. The van der Waals surface area contributed by atoms with Gasteiger partial charge in [-0.1, -0.05) is 30.3 Å². The predicted octanol–water partition coefficient (Wildman–Crippen LogP) is 3.33. The van der Waals surface area contributed by atoms with E-state index in [0.29, 0.717) is 12.3 Å². The van der Waals surface area contributed by atoms with Gasteiger partial charge in [0.25, 0.3) is 5.91 Å². The number of nitrogens with one attached hydrogen (secondary N) is 1. The largest absolute Gasteiger partial charge is 0.489 e. The highest BCUT2D eigenvalue weighted by Gasteiger charge is 2.13. The van der Waals surface area contributed by atoms with Crippen LogP contribution in [0.4, 0.5) is 5.69 Å². The Morgan fingerprint density at radius 3 is 2.41 bits per heavy atom. The van der Waals surface area contributed by atoms with Crippen molar-refractivity contribution in [2.75, 3.05) is 5.32 Å². The summed E-state index contributed by atoms with van der Waals surface area (Å²) < 4.78 is 5.87. The summed E-state index contributed by atoms with van der Waals surface area (Å²) >= 11 is 0. The quantitative estimate of drug-likeness (QED) is 0.680. The maximum absolute atomic E-state index is 11.4. The van der Waals surface area contributed by atoms with E-state index in [9.17, 15) is 9.59 Å². The summed E-state index contributed by atoms with van der Waals surface area (Å²) in [4.78, 5) is 22.0. The number of carbonyl (C=O) groups is 2. The molecule has 0 unspecified atom stereocenters. The van der Waals surface area contributed by atoms with E-state index in [1.54, 1.807) is 0 Å². The molecule has 0 saturated carbocycles. The number of para-hydroxylation sites is 1. The second kappa shape index (κ2) is 6.89. The van der Waals surface area contributed by atoms with Gasteiger partial charge < -0.3 is 10.1 Å². The molecule has 0 atom stereocenters. The van der Waals surface area contributed by atoms with Crippen molar-refractivity contribution < 1.29 is 14.3 Å². The van der Waals surface area contributed by atoms with Gasteiger partial charge in [0.15, 0.2) is 0 Å². The smallest absolute Gasteiger partial charge is 0.288 e. The molecule has 1 N–H and O–H groups in total. The first kappa shape index (κ1) is 15.8. The van der Waals surface area contributed by atoms with Gasteiger partial charge in [-0.05, 0) is 43.5 Å². The van der Waals surface area contributed by atoms with Crippen LogP contribution in [0.25, 0.3) is 0 Å². The van der Waals surface area contributed by atoms with Crippen molar-refractivity contribution in [2.45, 2.75) is 27.4 Å². The molecule has 2 aromatic rings. The molecule has 2 rings (SSSR count). The van der Waals surface area contributed by atoms with Crippen molar-refractivity contribution in [1.82, 2.24) is 0 Å². The third-order valence-electron chi connectivity index (χ3n) is 3.58. The van der Waals surface area contributed by atoms with Crippen LogP contribution in [-0.4, -0.2) is 12.2 Å². The lowest BCUT2D eigenvalue weighted by atomic mass is 10.0. The van der Waals surface area contributed by atoms with E-state index in [1.807, 2.05) is 57.2 Å². The van der Waals surface area contributed by atoms with Crippen LogP contribution < -0.4 is 10.1 Å². The van der Waals surface area contributed by atoms with Gasteiger partial charge in [0.05, 0.1) is 5.69 Å². The summed E-state index contributed by atoms with van der Waals surface area (Å²) in [6.07, 6.45) is 0.272. The normalized spacial score (nSPS) is 10.1. The van der Waals surface area contributed by atoms with Crippen molar-refractivity contribution >= 4 is 17.9 Å². The minimum Gasteiger partial charge on any atom is -0.489 e. The summed E-state index contributed by atoms with van der Waals surface area (Å²) in [5, 5.41) is 2.63. The molecule has 1 amide bonds. The topological polar surface area (TPSA) is 55.4 Å². The Balaban J connectivity index is 2.29. The Kier molecular flexibility index (Phi) is 4.94. The lowest BCUT2D eigenvalue weighted by Gasteiger charge is -2.17. The number of rotatable bonds is 5. The maximum Gasteiger partial charge on any atom is 0.288 e. The Morgan fingerprint density at radius 1 is 1.05 bits per heavy atom. The summed E-state index contributed by atoms with van der Waals surface area (Å²) in [5.41, 5.74) is 4.46. The summed E-state index contributed by atoms with van der Waals surface area (Å²) in [6.45, 7) is 6.14. The van der Waals surface area contributed by atoms with Gasteiger partial charge in [-0.3, -0.25) is 9.59 Å². The van der Waals surface area contributed by atoms with E-state index in [1.165, 1.54) is 0 Å². The monoisotopic (exact) mass is 297 g/mol. The first-order valence-corrected chi connectivity index (χ1v) is 7.06. The van der Waals surface area contributed by atoms with Gasteiger partial charge in [0.2, 0.25) is 6.29 Å². The molecule has 0 aliphatic heterocycles. The predicted molar refractivity (Wildman–Crippen MR) is 86.1 cm³/mol. The number of amides is 1. The fraction of sp³-hybridized carbons (Fsp3) is 0.222. The highest BCUT2D eigenvalue weighted by atomic mass is 16.5. The minimum absolute atomic E-state index is 0.272. The average molecular weight is 297 g/mol. The number of aryl methyl sites for hydroxylation is 3. The molecule has 4 nitrogen and oxygen atoms in total. The van der Waals surface area contributed by atoms with E-state index in [0.717, 1.165) is 28.0 Å². The molecule has 0 fully saturated rings. The highest BCUT2D eigenvalue weighted by molar-refractivity contribution is 6.29. The molecule has 0 aliphatic rings. The second-order valence-corrected chi connectivity index (χ2v) is 5.21. The molecule has 22 heavy (non-hydrogen) atoms. The standard InChI is InChI=1S/C18H19NO3/c1-12-8-9-14(3)18(19-17(21)10-20)15(12)11-22-16-7-5-4-6-13(16)2/h4-10H,11H2,1-3H3,(H,19,21). The lowest BCUT2D eigenvalue weighted by Crippen LogP contribution is -2.16. The summed E-state index contributed by atoms with van der Waals surface area (Å²) in [5.74, 6) is 0.141. The van der Waals surface area contributed by atoms with Gasteiger partial charge in [-0.15, -0.1) is 0 Å². The molecule has 4 heteroatoms. The van der Waals surface area contributed by atoms with E-state index < -0.39 is 5.91 Å². The van der Waals surface area contributed by atoms with Crippen LogP contribution in [-0.2, 0) is 16.2 Å². The first-order valence-electron chi connectivity index (χ1n) is 7.06. The third-order valence-corrected chi connectivity index (χ3v) is 3.58. The third kappa shape index (κ3) is 3.52. The van der Waals surface area contributed by atoms with Crippen LogP contribution in [0.2, 0.25) is 0 Å². The fourth-order valence-electron chi connectivity index (χ4n) is 2.25. The zero-order chi connectivity index (χ0) is 16.1. The van der Waals surface area contributed by atoms with Crippen LogP contribution >= 0.6 is 0 Å². The van der Waals surface area contributed by atoms with Crippen molar-refractivity contribution in [3.05, 3.63) is 58.7 Å². The number of hydrogen-bond acceptors (Lipinski definition) is 3. The van der Waals surface area contributed by atoms with Crippen molar-refractivity contribution in [3.63, 3.8) is 0 Å². The van der Waals surface area contributed by atoms with E-state index in [2.05, 4.69) is 5.32 Å².